The predicted molar refractivity (Wildman–Crippen MR) is 143 cm³/mol. The van der Waals surface area contributed by atoms with Gasteiger partial charge in [0, 0.05) is 42.1 Å². The molecule has 3 aromatic carbocycles. The number of benzene rings is 3. The SMILES string of the molecule is CCC(=O)Oc1ccc(N=Cc2cn(-c3ccccc3)nc2-c2ccc(-c3ccc([N+](=O)[O-])cc3)o2)cc1. The van der Waals surface area contributed by atoms with Gasteiger partial charge in [-0.2, -0.15) is 5.10 Å². The van der Waals surface area contributed by atoms with E-state index in [9.17, 15) is 14.9 Å². The number of aliphatic imine (C=N–C) groups is 1. The zero-order chi connectivity index (χ0) is 26.5. The van der Waals surface area contributed by atoms with Crippen molar-refractivity contribution >= 4 is 23.6 Å². The van der Waals surface area contributed by atoms with Gasteiger partial charge in [-0.1, -0.05) is 25.1 Å². The number of ether oxygens (including phenoxy) is 1. The van der Waals surface area contributed by atoms with E-state index < -0.39 is 4.92 Å². The second-order valence-electron chi connectivity index (χ2n) is 8.26. The van der Waals surface area contributed by atoms with Gasteiger partial charge in [0.15, 0.2) is 5.76 Å². The van der Waals surface area contributed by atoms with Crippen molar-refractivity contribution in [2.45, 2.75) is 13.3 Å². The van der Waals surface area contributed by atoms with Crippen molar-refractivity contribution in [1.82, 2.24) is 9.78 Å². The van der Waals surface area contributed by atoms with Gasteiger partial charge in [0.05, 0.1) is 16.3 Å². The number of nitrogens with zero attached hydrogens (tertiary/aromatic N) is 4. The van der Waals surface area contributed by atoms with Gasteiger partial charge >= 0.3 is 5.97 Å². The van der Waals surface area contributed by atoms with Gasteiger partial charge in [-0.3, -0.25) is 19.9 Å². The fourth-order valence-electron chi connectivity index (χ4n) is 3.70. The maximum absolute atomic E-state index is 11.5. The molecule has 0 aliphatic heterocycles. The summed E-state index contributed by atoms with van der Waals surface area (Å²) in [6, 6.07) is 26.4. The van der Waals surface area contributed by atoms with E-state index in [0.717, 1.165) is 11.3 Å². The first-order valence-corrected chi connectivity index (χ1v) is 11.8. The van der Waals surface area contributed by atoms with Gasteiger partial charge in [0.2, 0.25) is 0 Å². The number of para-hydroxylation sites is 1. The zero-order valence-corrected chi connectivity index (χ0v) is 20.4. The Morgan fingerprint density at radius 1 is 1.00 bits per heavy atom. The van der Waals surface area contributed by atoms with Crippen LogP contribution < -0.4 is 4.74 Å². The third-order valence-corrected chi connectivity index (χ3v) is 5.68. The molecule has 2 heterocycles. The van der Waals surface area contributed by atoms with E-state index in [2.05, 4.69) is 4.99 Å². The van der Waals surface area contributed by atoms with E-state index in [1.165, 1.54) is 12.1 Å². The third-order valence-electron chi connectivity index (χ3n) is 5.68. The molecule has 5 rings (SSSR count). The van der Waals surface area contributed by atoms with Crippen LogP contribution in [0.5, 0.6) is 5.75 Å². The molecule has 9 heteroatoms. The van der Waals surface area contributed by atoms with Crippen LogP contribution >= 0.6 is 0 Å². The Hall–Kier alpha value is -5.31. The molecule has 188 valence electrons. The molecule has 5 aromatic rings. The zero-order valence-electron chi connectivity index (χ0n) is 20.4. The van der Waals surface area contributed by atoms with E-state index in [0.29, 0.717) is 40.6 Å². The summed E-state index contributed by atoms with van der Waals surface area (Å²) in [6.45, 7) is 1.74. The van der Waals surface area contributed by atoms with Crippen LogP contribution in [-0.2, 0) is 4.79 Å². The van der Waals surface area contributed by atoms with Crippen molar-refractivity contribution in [2.75, 3.05) is 0 Å². The minimum Gasteiger partial charge on any atom is -0.454 e. The van der Waals surface area contributed by atoms with Crippen LogP contribution in [0.15, 0.2) is 107 Å². The van der Waals surface area contributed by atoms with E-state index in [-0.39, 0.29) is 11.7 Å². The summed E-state index contributed by atoms with van der Waals surface area (Å²) in [5.41, 5.74) is 3.57. The maximum Gasteiger partial charge on any atom is 0.310 e. The minimum atomic E-state index is -0.440. The number of hydrogen-bond donors (Lipinski definition) is 0. The second kappa shape index (κ2) is 10.8. The average molecular weight is 507 g/mol. The number of carbonyl (C=O) groups excluding carboxylic acids is 1. The first kappa shape index (κ1) is 24.4. The van der Waals surface area contributed by atoms with Crippen LogP contribution in [0, 0.1) is 10.1 Å². The van der Waals surface area contributed by atoms with Crippen LogP contribution in [0.1, 0.15) is 18.9 Å². The normalized spacial score (nSPS) is 11.1. The number of aromatic nitrogens is 2. The summed E-state index contributed by atoms with van der Waals surface area (Å²) >= 11 is 0. The summed E-state index contributed by atoms with van der Waals surface area (Å²) in [5, 5.41) is 15.7. The molecule has 0 saturated heterocycles. The fraction of sp³-hybridized carbons (Fsp3) is 0.0690. The van der Waals surface area contributed by atoms with Crippen molar-refractivity contribution in [3.8, 4) is 34.2 Å². The molecular weight excluding hydrogens is 484 g/mol. The lowest BCUT2D eigenvalue weighted by molar-refractivity contribution is -0.384. The lowest BCUT2D eigenvalue weighted by Gasteiger charge is -2.02. The number of non-ortho nitro benzene ring substituents is 1. The second-order valence-corrected chi connectivity index (χ2v) is 8.26. The van der Waals surface area contributed by atoms with Gasteiger partial charge in [0.25, 0.3) is 5.69 Å². The Labute approximate surface area is 217 Å². The third kappa shape index (κ3) is 5.41. The number of furan rings is 1. The molecule has 0 radical (unpaired) electrons. The van der Waals surface area contributed by atoms with Crippen molar-refractivity contribution in [3.63, 3.8) is 0 Å². The standard InChI is InChI=1S/C29H22N4O5/c1-2-28(34)37-25-14-10-22(11-15-25)30-18-21-19-32(23-6-4-3-5-7-23)31-29(21)27-17-16-26(38-27)20-8-12-24(13-9-20)33(35)36/h3-19H,2H2,1H3. The molecule has 0 amide bonds. The molecule has 0 fully saturated rings. The topological polar surface area (TPSA) is 113 Å². The number of carbonyl (C=O) groups is 1. The van der Waals surface area contributed by atoms with Gasteiger partial charge in [-0.25, -0.2) is 4.68 Å². The van der Waals surface area contributed by atoms with Crippen molar-refractivity contribution in [2.24, 2.45) is 4.99 Å². The molecule has 0 aliphatic carbocycles. The summed E-state index contributed by atoms with van der Waals surface area (Å²) in [5.74, 6) is 1.24. The van der Waals surface area contributed by atoms with E-state index in [1.54, 1.807) is 60.3 Å². The lowest BCUT2D eigenvalue weighted by Crippen LogP contribution is -2.04. The predicted octanol–water partition coefficient (Wildman–Crippen LogP) is 6.77. The highest BCUT2D eigenvalue weighted by atomic mass is 16.6. The highest BCUT2D eigenvalue weighted by Crippen LogP contribution is 2.31. The lowest BCUT2D eigenvalue weighted by atomic mass is 10.1. The molecule has 0 atom stereocenters. The van der Waals surface area contributed by atoms with Gasteiger partial charge < -0.3 is 9.15 Å². The molecule has 2 aromatic heterocycles. The first-order valence-electron chi connectivity index (χ1n) is 11.8. The van der Waals surface area contributed by atoms with Crippen molar-refractivity contribution < 1.29 is 18.9 Å². The smallest absolute Gasteiger partial charge is 0.310 e. The van der Waals surface area contributed by atoms with Gasteiger partial charge in [-0.15, -0.1) is 0 Å². The molecular formula is C29H22N4O5. The molecule has 38 heavy (non-hydrogen) atoms. The highest BCUT2D eigenvalue weighted by Gasteiger charge is 2.16. The Kier molecular flexibility index (Phi) is 6.90. The number of rotatable bonds is 8. The quantitative estimate of drug-likeness (QED) is 0.0754. The first-order chi connectivity index (χ1) is 18.5. The van der Waals surface area contributed by atoms with Crippen molar-refractivity contribution in [1.29, 1.82) is 0 Å². The summed E-state index contributed by atoms with van der Waals surface area (Å²) in [7, 11) is 0. The largest absolute Gasteiger partial charge is 0.454 e. The Morgan fingerprint density at radius 2 is 1.71 bits per heavy atom. The maximum atomic E-state index is 11.5. The van der Waals surface area contributed by atoms with Crippen LogP contribution in [0.4, 0.5) is 11.4 Å². The van der Waals surface area contributed by atoms with E-state index >= 15 is 0 Å². The molecule has 0 aliphatic rings. The van der Waals surface area contributed by atoms with Crippen LogP contribution in [0.3, 0.4) is 0 Å². The number of hydrogen-bond acceptors (Lipinski definition) is 7. The number of nitro groups is 1. The molecule has 0 N–H and O–H groups in total. The summed E-state index contributed by atoms with van der Waals surface area (Å²) in [4.78, 5) is 26.6. The Balaban J connectivity index is 1.46. The Morgan fingerprint density at radius 3 is 2.39 bits per heavy atom. The van der Waals surface area contributed by atoms with Gasteiger partial charge in [-0.05, 0) is 60.7 Å². The molecule has 0 saturated carbocycles. The van der Waals surface area contributed by atoms with E-state index in [4.69, 9.17) is 14.3 Å². The minimum absolute atomic E-state index is 0.0113. The molecule has 0 bridgehead atoms. The highest BCUT2D eigenvalue weighted by molar-refractivity contribution is 5.89. The average Bonchev–Trinajstić information content (AvgIpc) is 3.61. The van der Waals surface area contributed by atoms with E-state index in [1.807, 2.05) is 42.6 Å². The molecule has 9 nitrogen and oxygen atoms in total. The Bertz CT molecular complexity index is 1600. The molecule has 0 unspecified atom stereocenters. The monoisotopic (exact) mass is 506 g/mol. The van der Waals surface area contributed by atoms with Gasteiger partial charge in [0.1, 0.15) is 17.2 Å². The van der Waals surface area contributed by atoms with Crippen LogP contribution in [0.2, 0.25) is 0 Å². The van der Waals surface area contributed by atoms with Crippen LogP contribution in [0.25, 0.3) is 28.5 Å². The van der Waals surface area contributed by atoms with Crippen molar-refractivity contribution in [3.05, 3.63) is 113 Å². The summed E-state index contributed by atoms with van der Waals surface area (Å²) in [6.07, 6.45) is 3.86. The summed E-state index contributed by atoms with van der Waals surface area (Å²) < 4.78 is 13.1. The fourth-order valence-corrected chi connectivity index (χ4v) is 3.70. The number of nitro benzene ring substituents is 1. The molecule has 0 spiro atoms. The number of esters is 1. The van der Waals surface area contributed by atoms with Crippen LogP contribution in [-0.4, -0.2) is 26.9 Å².